The van der Waals surface area contributed by atoms with Crippen molar-refractivity contribution in [2.75, 3.05) is 20.2 Å². The zero-order chi connectivity index (χ0) is 19.4. The van der Waals surface area contributed by atoms with Crippen LogP contribution in [0.2, 0.25) is 0 Å². The minimum Gasteiger partial charge on any atom is -0.493 e. The number of methoxy groups -OCH3 is 1. The molecular formula is C20H23FN2O4. The molecular weight excluding hydrogens is 351 g/mol. The Balaban J connectivity index is 1.86. The minimum absolute atomic E-state index is 0.0171. The van der Waals surface area contributed by atoms with Crippen LogP contribution in [0.3, 0.4) is 0 Å². The number of hydrogen-bond donors (Lipinski definition) is 2. The third-order valence-electron chi connectivity index (χ3n) is 4.55. The van der Waals surface area contributed by atoms with Crippen molar-refractivity contribution in [1.29, 1.82) is 0 Å². The van der Waals surface area contributed by atoms with E-state index in [2.05, 4.69) is 0 Å². The molecule has 0 spiro atoms. The van der Waals surface area contributed by atoms with Crippen molar-refractivity contribution < 1.29 is 23.8 Å². The Kier molecular flexibility index (Phi) is 5.93. The second kappa shape index (κ2) is 8.37. The van der Waals surface area contributed by atoms with Gasteiger partial charge < -0.3 is 25.2 Å². The van der Waals surface area contributed by atoms with Crippen LogP contribution in [0, 0.1) is 5.82 Å². The number of β-amino-alcohol motifs (C(OH)–C–C–N with tert-alkyl or cyclic N) is 1. The molecule has 144 valence electrons. The van der Waals surface area contributed by atoms with Crippen LogP contribution in [0.1, 0.15) is 28.8 Å². The van der Waals surface area contributed by atoms with Crippen LogP contribution in [-0.4, -0.2) is 42.2 Å². The molecule has 2 aromatic carbocycles. The third kappa shape index (κ3) is 4.37. The molecule has 1 atom stereocenters. The van der Waals surface area contributed by atoms with Gasteiger partial charge in [-0.05, 0) is 48.7 Å². The Labute approximate surface area is 157 Å². The lowest BCUT2D eigenvalue weighted by Crippen LogP contribution is -2.42. The summed E-state index contributed by atoms with van der Waals surface area (Å²) in [5.74, 6) is -0.118. The van der Waals surface area contributed by atoms with E-state index in [9.17, 15) is 14.3 Å². The molecule has 1 aliphatic rings. The first-order chi connectivity index (χ1) is 13.0. The highest BCUT2D eigenvalue weighted by Gasteiger charge is 2.24. The lowest BCUT2D eigenvalue weighted by Gasteiger charge is -2.30. The van der Waals surface area contributed by atoms with Crippen LogP contribution in [0.15, 0.2) is 36.4 Å². The van der Waals surface area contributed by atoms with Crippen LogP contribution in [0.4, 0.5) is 4.39 Å². The monoisotopic (exact) mass is 374 g/mol. The van der Waals surface area contributed by atoms with Gasteiger partial charge >= 0.3 is 0 Å². The largest absolute Gasteiger partial charge is 0.493 e. The molecule has 0 aromatic heterocycles. The predicted octanol–water partition coefficient (Wildman–Crippen LogP) is 2.68. The highest BCUT2D eigenvalue weighted by Crippen LogP contribution is 2.34. The highest BCUT2D eigenvalue weighted by atomic mass is 19.1. The van der Waals surface area contributed by atoms with Crippen molar-refractivity contribution >= 4 is 5.91 Å². The van der Waals surface area contributed by atoms with Gasteiger partial charge in [-0.25, -0.2) is 4.39 Å². The number of halogens is 1. The number of rotatable bonds is 5. The van der Waals surface area contributed by atoms with Gasteiger partial charge in [-0.2, -0.15) is 0 Å². The number of aliphatic hydroxyl groups excluding tert-OH is 1. The van der Waals surface area contributed by atoms with E-state index in [1.807, 2.05) is 0 Å². The molecule has 0 aliphatic carbocycles. The summed E-state index contributed by atoms with van der Waals surface area (Å²) < 4.78 is 25.2. The molecule has 3 rings (SSSR count). The molecule has 2 aromatic rings. The lowest BCUT2D eigenvalue weighted by atomic mass is 10.1. The van der Waals surface area contributed by atoms with Crippen molar-refractivity contribution in [3.8, 4) is 17.2 Å². The molecule has 0 radical (unpaired) electrons. The maximum absolute atomic E-state index is 14.2. The Hall–Kier alpha value is -2.64. The number of ether oxygens (including phenoxy) is 2. The summed E-state index contributed by atoms with van der Waals surface area (Å²) in [6, 6.07) is 9.24. The summed E-state index contributed by atoms with van der Waals surface area (Å²) >= 11 is 0. The summed E-state index contributed by atoms with van der Waals surface area (Å²) in [4.78, 5) is 14.3. The van der Waals surface area contributed by atoms with Gasteiger partial charge in [-0.15, -0.1) is 0 Å². The van der Waals surface area contributed by atoms with E-state index in [4.69, 9.17) is 15.2 Å². The summed E-state index contributed by atoms with van der Waals surface area (Å²) in [6.07, 6.45) is 0.941. The quantitative estimate of drug-likeness (QED) is 0.841. The van der Waals surface area contributed by atoms with E-state index in [0.717, 1.165) is 6.42 Å². The normalized spacial score (nSPS) is 16.9. The lowest BCUT2D eigenvalue weighted by molar-refractivity contribution is 0.0473. The van der Waals surface area contributed by atoms with Gasteiger partial charge in [0.1, 0.15) is 0 Å². The fourth-order valence-electron chi connectivity index (χ4n) is 3.08. The standard InChI is InChI=1S/C20H23FN2O4/c1-26-18-7-5-14(20(25)23-8-2-3-15(24)12-23)10-19(18)27-17-6-4-13(11-22)9-16(17)21/h4-7,9-10,15,24H,2-3,8,11-12,22H2,1H3/t15-/m0/s1. The number of piperidine rings is 1. The van der Waals surface area contributed by atoms with Gasteiger partial charge in [-0.1, -0.05) is 6.07 Å². The Bertz CT molecular complexity index is 828. The maximum atomic E-state index is 14.2. The number of hydrogen-bond acceptors (Lipinski definition) is 5. The van der Waals surface area contributed by atoms with Gasteiger partial charge in [0.2, 0.25) is 0 Å². The van der Waals surface area contributed by atoms with Crippen LogP contribution < -0.4 is 15.2 Å². The molecule has 27 heavy (non-hydrogen) atoms. The number of aliphatic hydroxyl groups is 1. The van der Waals surface area contributed by atoms with Gasteiger partial charge in [0.05, 0.1) is 13.2 Å². The second-order valence-corrected chi connectivity index (χ2v) is 6.48. The first-order valence-corrected chi connectivity index (χ1v) is 8.83. The van der Waals surface area contributed by atoms with Gasteiger partial charge in [0, 0.05) is 25.2 Å². The molecule has 0 saturated carbocycles. The Morgan fingerprint density at radius 3 is 2.70 bits per heavy atom. The molecule has 1 heterocycles. The fraction of sp³-hybridized carbons (Fsp3) is 0.350. The van der Waals surface area contributed by atoms with E-state index in [1.165, 1.54) is 25.3 Å². The van der Waals surface area contributed by atoms with E-state index >= 15 is 0 Å². The molecule has 6 nitrogen and oxygen atoms in total. The summed E-state index contributed by atoms with van der Waals surface area (Å²) in [6.45, 7) is 1.12. The summed E-state index contributed by atoms with van der Waals surface area (Å²) in [7, 11) is 1.47. The maximum Gasteiger partial charge on any atom is 0.254 e. The number of nitrogens with two attached hydrogens (primary N) is 1. The van der Waals surface area contributed by atoms with Gasteiger partial charge in [0.25, 0.3) is 5.91 Å². The van der Waals surface area contributed by atoms with Crippen LogP contribution in [0.5, 0.6) is 17.2 Å². The Morgan fingerprint density at radius 1 is 1.26 bits per heavy atom. The number of carbonyl (C=O) groups excluding carboxylic acids is 1. The van der Waals surface area contributed by atoms with Gasteiger partial charge in [-0.3, -0.25) is 4.79 Å². The van der Waals surface area contributed by atoms with Crippen LogP contribution in [0.25, 0.3) is 0 Å². The van der Waals surface area contributed by atoms with E-state index in [0.29, 0.717) is 36.4 Å². The zero-order valence-corrected chi connectivity index (χ0v) is 15.2. The van der Waals surface area contributed by atoms with E-state index < -0.39 is 11.9 Å². The summed E-state index contributed by atoms with van der Waals surface area (Å²) in [5.41, 5.74) is 6.55. The predicted molar refractivity (Wildman–Crippen MR) is 98.5 cm³/mol. The molecule has 1 saturated heterocycles. The van der Waals surface area contributed by atoms with Crippen molar-refractivity contribution in [2.24, 2.45) is 5.73 Å². The average Bonchev–Trinajstić information content (AvgIpc) is 2.68. The van der Waals surface area contributed by atoms with Gasteiger partial charge in [0.15, 0.2) is 23.1 Å². The number of benzene rings is 2. The number of amides is 1. The van der Waals surface area contributed by atoms with Crippen molar-refractivity contribution in [3.63, 3.8) is 0 Å². The molecule has 3 N–H and O–H groups in total. The SMILES string of the molecule is COc1ccc(C(=O)N2CCC[C@H](O)C2)cc1Oc1ccc(CN)cc1F. The second-order valence-electron chi connectivity index (χ2n) is 6.48. The van der Waals surface area contributed by atoms with E-state index in [1.54, 1.807) is 23.1 Å². The number of carbonyl (C=O) groups is 1. The fourth-order valence-corrected chi connectivity index (χ4v) is 3.08. The minimum atomic E-state index is -0.545. The van der Waals surface area contributed by atoms with Crippen molar-refractivity contribution in [1.82, 2.24) is 4.90 Å². The van der Waals surface area contributed by atoms with E-state index in [-0.39, 0.29) is 24.0 Å². The van der Waals surface area contributed by atoms with Crippen molar-refractivity contribution in [2.45, 2.75) is 25.5 Å². The first kappa shape index (κ1) is 19.1. The summed E-state index contributed by atoms with van der Waals surface area (Å²) in [5, 5.41) is 9.79. The molecule has 1 amide bonds. The first-order valence-electron chi connectivity index (χ1n) is 8.83. The number of nitrogens with zero attached hydrogens (tertiary/aromatic N) is 1. The smallest absolute Gasteiger partial charge is 0.254 e. The molecule has 0 bridgehead atoms. The number of likely N-dealkylation sites (tertiary alicyclic amines) is 1. The molecule has 1 aliphatic heterocycles. The third-order valence-corrected chi connectivity index (χ3v) is 4.55. The topological polar surface area (TPSA) is 85.0 Å². The average molecular weight is 374 g/mol. The van der Waals surface area contributed by atoms with Crippen LogP contribution in [-0.2, 0) is 6.54 Å². The van der Waals surface area contributed by atoms with Crippen LogP contribution >= 0.6 is 0 Å². The zero-order valence-electron chi connectivity index (χ0n) is 15.2. The molecule has 0 unspecified atom stereocenters. The molecule has 7 heteroatoms. The highest BCUT2D eigenvalue weighted by molar-refractivity contribution is 5.95. The molecule has 1 fully saturated rings. The van der Waals surface area contributed by atoms with Crippen molar-refractivity contribution in [3.05, 3.63) is 53.3 Å². The Morgan fingerprint density at radius 2 is 2.04 bits per heavy atom.